The summed E-state index contributed by atoms with van der Waals surface area (Å²) in [5.41, 5.74) is 5.25. The molecule has 5 unspecified atom stereocenters. The van der Waals surface area contributed by atoms with Crippen molar-refractivity contribution in [2.24, 2.45) is 5.73 Å². The van der Waals surface area contributed by atoms with Gasteiger partial charge in [-0.05, 0) is 0 Å². The van der Waals surface area contributed by atoms with E-state index in [2.05, 4.69) is 0 Å². The summed E-state index contributed by atoms with van der Waals surface area (Å²) in [5, 5.41) is 27.9. The maximum absolute atomic E-state index is 9.37. The molecule has 1 saturated heterocycles. The van der Waals surface area contributed by atoms with Crippen molar-refractivity contribution in [2.75, 3.05) is 6.54 Å². The average Bonchev–Trinajstić information content (AvgIpc) is 2.08. The van der Waals surface area contributed by atoms with Gasteiger partial charge in [-0.1, -0.05) is 22.6 Å². The zero-order valence-corrected chi connectivity index (χ0v) is 8.46. The standard InChI is InChI=1S/C6H12INO4/c7-3-5(10)4(9)2(1-8)12-6(3)11/h2-6,9-11H,1,8H2. The van der Waals surface area contributed by atoms with E-state index in [1.807, 2.05) is 22.6 Å². The molecule has 5 N–H and O–H groups in total. The van der Waals surface area contributed by atoms with Crippen LogP contribution in [0.1, 0.15) is 0 Å². The Bertz CT molecular complexity index is 154. The van der Waals surface area contributed by atoms with Crippen LogP contribution in [0.25, 0.3) is 0 Å². The highest BCUT2D eigenvalue weighted by molar-refractivity contribution is 14.1. The van der Waals surface area contributed by atoms with Crippen molar-refractivity contribution in [3.8, 4) is 0 Å². The molecule has 0 saturated carbocycles. The van der Waals surface area contributed by atoms with Crippen molar-refractivity contribution in [3.05, 3.63) is 0 Å². The molecule has 5 atom stereocenters. The van der Waals surface area contributed by atoms with E-state index in [1.165, 1.54) is 0 Å². The van der Waals surface area contributed by atoms with Crippen LogP contribution >= 0.6 is 22.6 Å². The summed E-state index contributed by atoms with van der Waals surface area (Å²) in [4.78, 5) is 0. The van der Waals surface area contributed by atoms with Gasteiger partial charge in [-0.15, -0.1) is 0 Å². The third-order valence-corrected chi connectivity index (χ3v) is 3.23. The Hall–Kier alpha value is 0.530. The fourth-order valence-electron chi connectivity index (χ4n) is 1.11. The molecule has 0 aromatic heterocycles. The minimum atomic E-state index is -1.06. The van der Waals surface area contributed by atoms with Gasteiger partial charge >= 0.3 is 0 Å². The van der Waals surface area contributed by atoms with Crippen LogP contribution in [-0.2, 0) is 4.74 Å². The Morgan fingerprint density at radius 3 is 2.33 bits per heavy atom. The first kappa shape index (κ1) is 10.6. The predicted octanol–water partition coefficient (Wildman–Crippen LogP) is -1.81. The van der Waals surface area contributed by atoms with E-state index in [4.69, 9.17) is 10.5 Å². The molecular weight excluding hydrogens is 277 g/mol. The smallest absolute Gasteiger partial charge is 0.169 e. The van der Waals surface area contributed by atoms with E-state index in [9.17, 15) is 15.3 Å². The second-order valence-electron chi connectivity index (χ2n) is 2.73. The van der Waals surface area contributed by atoms with Crippen molar-refractivity contribution in [1.29, 1.82) is 0 Å². The summed E-state index contributed by atoms with van der Waals surface area (Å²) < 4.78 is 4.43. The minimum absolute atomic E-state index is 0.0820. The van der Waals surface area contributed by atoms with Gasteiger partial charge in [0, 0.05) is 6.54 Å². The van der Waals surface area contributed by atoms with Crippen LogP contribution < -0.4 is 5.73 Å². The van der Waals surface area contributed by atoms with Crippen molar-refractivity contribution in [1.82, 2.24) is 0 Å². The molecule has 6 heteroatoms. The highest BCUT2D eigenvalue weighted by Gasteiger charge is 2.41. The van der Waals surface area contributed by atoms with Crippen LogP contribution in [0.4, 0.5) is 0 Å². The molecule has 0 aliphatic carbocycles. The Labute approximate surface area is 83.7 Å². The molecule has 0 radical (unpaired) electrons. The SMILES string of the molecule is NCC1OC(O)C(I)C(O)C1O. The number of hydrogen-bond acceptors (Lipinski definition) is 5. The highest BCUT2D eigenvalue weighted by Crippen LogP contribution is 2.24. The minimum Gasteiger partial charge on any atom is -0.389 e. The largest absolute Gasteiger partial charge is 0.389 e. The first-order chi connectivity index (χ1) is 5.57. The lowest BCUT2D eigenvalue weighted by atomic mass is 10.0. The number of hydrogen-bond donors (Lipinski definition) is 4. The number of ether oxygens (including phenoxy) is 1. The molecule has 12 heavy (non-hydrogen) atoms. The predicted molar refractivity (Wildman–Crippen MR) is 49.8 cm³/mol. The maximum atomic E-state index is 9.37. The second kappa shape index (κ2) is 4.16. The summed E-state index contributed by atoms with van der Waals surface area (Å²) in [7, 11) is 0. The number of nitrogens with two attached hydrogens (primary N) is 1. The summed E-state index contributed by atoms with van der Waals surface area (Å²) in [6.45, 7) is 0.0820. The van der Waals surface area contributed by atoms with Crippen molar-refractivity contribution >= 4 is 22.6 Å². The van der Waals surface area contributed by atoms with Gasteiger partial charge in [-0.25, -0.2) is 0 Å². The van der Waals surface area contributed by atoms with Gasteiger partial charge in [0.1, 0.15) is 12.2 Å². The molecule has 1 aliphatic rings. The van der Waals surface area contributed by atoms with Crippen LogP contribution in [0.3, 0.4) is 0 Å². The van der Waals surface area contributed by atoms with Gasteiger partial charge < -0.3 is 25.8 Å². The Kier molecular flexibility index (Phi) is 3.68. The fourth-order valence-corrected chi connectivity index (χ4v) is 1.70. The Balaban J connectivity index is 2.63. The van der Waals surface area contributed by atoms with Gasteiger partial charge in [-0.2, -0.15) is 0 Å². The number of aliphatic hydroxyl groups excluding tert-OH is 3. The fraction of sp³-hybridized carbons (Fsp3) is 1.00. The van der Waals surface area contributed by atoms with E-state index in [1.54, 1.807) is 0 Å². The van der Waals surface area contributed by atoms with Crippen LogP contribution in [0, 0.1) is 0 Å². The Morgan fingerprint density at radius 2 is 1.83 bits per heavy atom. The molecule has 1 heterocycles. The third kappa shape index (κ3) is 1.88. The van der Waals surface area contributed by atoms with Gasteiger partial charge in [-0.3, -0.25) is 0 Å². The summed E-state index contributed by atoms with van der Waals surface area (Å²) in [6, 6.07) is 0. The second-order valence-corrected chi connectivity index (χ2v) is 4.16. The lowest BCUT2D eigenvalue weighted by molar-refractivity contribution is -0.220. The molecule has 0 aromatic rings. The molecule has 0 bridgehead atoms. The molecule has 5 nitrogen and oxygen atoms in total. The van der Waals surface area contributed by atoms with E-state index < -0.39 is 28.5 Å². The van der Waals surface area contributed by atoms with E-state index in [0.717, 1.165) is 0 Å². The molecule has 0 aromatic carbocycles. The number of halogens is 1. The van der Waals surface area contributed by atoms with Crippen LogP contribution in [-0.4, -0.2) is 50.4 Å². The molecular formula is C6H12INO4. The monoisotopic (exact) mass is 289 g/mol. The van der Waals surface area contributed by atoms with E-state index in [0.29, 0.717) is 0 Å². The van der Waals surface area contributed by atoms with Crippen LogP contribution in [0.15, 0.2) is 0 Å². The highest BCUT2D eigenvalue weighted by atomic mass is 127. The van der Waals surface area contributed by atoms with Crippen molar-refractivity contribution in [2.45, 2.75) is 28.5 Å². The molecule has 72 valence electrons. The van der Waals surface area contributed by atoms with Gasteiger partial charge in [0.25, 0.3) is 0 Å². The zero-order chi connectivity index (χ0) is 9.30. The lowest BCUT2D eigenvalue weighted by Gasteiger charge is -2.37. The van der Waals surface area contributed by atoms with E-state index >= 15 is 0 Å². The van der Waals surface area contributed by atoms with Gasteiger partial charge in [0.2, 0.25) is 0 Å². The summed E-state index contributed by atoms with van der Waals surface area (Å²) in [6.07, 6.45) is -3.73. The Morgan fingerprint density at radius 1 is 1.25 bits per heavy atom. The quantitative estimate of drug-likeness (QED) is 0.337. The maximum Gasteiger partial charge on any atom is 0.169 e. The van der Waals surface area contributed by atoms with Crippen molar-refractivity contribution < 1.29 is 20.1 Å². The van der Waals surface area contributed by atoms with Crippen LogP contribution in [0.5, 0.6) is 0 Å². The third-order valence-electron chi connectivity index (χ3n) is 1.88. The number of alkyl halides is 1. The molecule has 1 aliphatic heterocycles. The first-order valence-corrected chi connectivity index (χ1v) is 4.86. The van der Waals surface area contributed by atoms with Crippen LogP contribution in [0.2, 0.25) is 0 Å². The zero-order valence-electron chi connectivity index (χ0n) is 6.30. The van der Waals surface area contributed by atoms with Gasteiger partial charge in [0.15, 0.2) is 6.29 Å². The number of aliphatic hydroxyl groups is 3. The topological polar surface area (TPSA) is 95.9 Å². The molecule has 1 rings (SSSR count). The summed E-state index contributed by atoms with van der Waals surface area (Å²) >= 11 is 1.82. The van der Waals surface area contributed by atoms with Gasteiger partial charge in [0.05, 0.1) is 10.0 Å². The molecule has 0 amide bonds. The average molecular weight is 289 g/mol. The van der Waals surface area contributed by atoms with E-state index in [-0.39, 0.29) is 6.54 Å². The number of rotatable bonds is 1. The lowest BCUT2D eigenvalue weighted by Crippen LogP contribution is -2.57. The first-order valence-electron chi connectivity index (χ1n) is 3.61. The molecule has 1 fully saturated rings. The normalized spacial score (nSPS) is 49.2. The van der Waals surface area contributed by atoms with Crippen molar-refractivity contribution in [3.63, 3.8) is 0 Å². The summed E-state index contributed by atoms with van der Waals surface area (Å²) in [5.74, 6) is 0. The molecule has 0 spiro atoms.